The SMILES string of the molecule is [C-]#[N+]c1cc(-c2nc(-c3ccccc3)nc(-c3ccccc3)n2)c(C#N)cc1-n1c2ccccc2c2cc(-c3ccc4c(c3)c3ccccc3n4-c3ccccc3)ccc21. The second-order valence-corrected chi connectivity index (χ2v) is 14.7. The van der Waals surface area contributed by atoms with Crippen LogP contribution in [0.4, 0.5) is 5.69 Å². The second kappa shape index (κ2) is 14.1. The van der Waals surface area contributed by atoms with Crippen LogP contribution in [-0.4, -0.2) is 24.1 Å². The van der Waals surface area contributed by atoms with Crippen LogP contribution in [-0.2, 0) is 0 Å². The summed E-state index contributed by atoms with van der Waals surface area (Å²) in [7, 11) is 0. The Morgan fingerprint density at radius 3 is 1.45 bits per heavy atom. The van der Waals surface area contributed by atoms with Gasteiger partial charge in [-0.15, -0.1) is 0 Å². The lowest BCUT2D eigenvalue weighted by Gasteiger charge is -2.14. The minimum absolute atomic E-state index is 0.325. The average Bonchev–Trinajstić information content (AvgIpc) is 3.84. The van der Waals surface area contributed by atoms with Crippen LogP contribution >= 0.6 is 0 Å². The van der Waals surface area contributed by atoms with Crippen LogP contribution in [0, 0.1) is 17.9 Å². The van der Waals surface area contributed by atoms with Crippen molar-refractivity contribution in [3.05, 3.63) is 205 Å². The quantitative estimate of drug-likeness (QED) is 0.158. The maximum Gasteiger partial charge on any atom is 0.211 e. The number of nitriles is 1. The fourth-order valence-electron chi connectivity index (χ4n) is 8.47. The van der Waals surface area contributed by atoms with Crippen LogP contribution < -0.4 is 0 Å². The van der Waals surface area contributed by atoms with Crippen molar-refractivity contribution < 1.29 is 0 Å². The molecule has 0 aliphatic heterocycles. The summed E-state index contributed by atoms with van der Waals surface area (Å²) in [6.07, 6.45) is 0. The molecule has 8 aromatic carbocycles. The molecule has 0 fully saturated rings. The van der Waals surface area contributed by atoms with E-state index < -0.39 is 0 Å². The first kappa shape index (κ1) is 34.6. The Bertz CT molecular complexity index is 3500. The predicted octanol–water partition coefficient (Wildman–Crippen LogP) is 13.2. The zero-order valence-electron chi connectivity index (χ0n) is 32.0. The van der Waals surface area contributed by atoms with Gasteiger partial charge in [0.1, 0.15) is 0 Å². The molecule has 7 nitrogen and oxygen atoms in total. The van der Waals surface area contributed by atoms with E-state index in [9.17, 15) is 5.26 Å². The molecule has 3 heterocycles. The summed E-state index contributed by atoms with van der Waals surface area (Å²) in [6, 6.07) is 65.9. The molecule has 0 atom stereocenters. The highest BCUT2D eigenvalue weighted by atomic mass is 15.0. The normalized spacial score (nSPS) is 11.3. The first-order valence-corrected chi connectivity index (χ1v) is 19.6. The molecular weight excluding hydrogens is 735 g/mol. The molecule has 0 saturated heterocycles. The summed E-state index contributed by atoms with van der Waals surface area (Å²) >= 11 is 0. The largest absolute Gasteiger partial charge is 0.319 e. The van der Waals surface area contributed by atoms with E-state index in [-0.39, 0.29) is 0 Å². The maximum absolute atomic E-state index is 10.7. The van der Waals surface area contributed by atoms with Crippen LogP contribution in [0.3, 0.4) is 0 Å². The van der Waals surface area contributed by atoms with E-state index >= 15 is 0 Å². The number of hydrogen-bond acceptors (Lipinski definition) is 4. The molecule has 11 rings (SSSR count). The third-order valence-electron chi connectivity index (χ3n) is 11.2. The number of nitrogens with zero attached hydrogens (tertiary/aromatic N) is 7. The average molecular weight is 766 g/mol. The van der Waals surface area contributed by atoms with Crippen LogP contribution in [0.2, 0.25) is 0 Å². The summed E-state index contributed by atoms with van der Waals surface area (Å²) < 4.78 is 4.42. The lowest BCUT2D eigenvalue weighted by molar-refractivity contribution is 1.07. The molecule has 0 amide bonds. The highest BCUT2D eigenvalue weighted by Crippen LogP contribution is 2.41. The first-order valence-electron chi connectivity index (χ1n) is 19.6. The summed E-state index contributed by atoms with van der Waals surface area (Å²) in [6.45, 7) is 8.44. The Kier molecular flexibility index (Phi) is 8.11. The van der Waals surface area contributed by atoms with Gasteiger partial charge < -0.3 is 9.13 Å². The molecule has 11 aromatic rings. The number of benzene rings is 8. The van der Waals surface area contributed by atoms with E-state index in [4.69, 9.17) is 21.5 Å². The van der Waals surface area contributed by atoms with E-state index in [0.29, 0.717) is 40.0 Å². The van der Waals surface area contributed by atoms with Gasteiger partial charge >= 0.3 is 0 Å². The van der Waals surface area contributed by atoms with E-state index in [0.717, 1.165) is 60.8 Å². The van der Waals surface area contributed by atoms with Crippen molar-refractivity contribution in [3.63, 3.8) is 0 Å². The molecule has 278 valence electrons. The molecule has 3 aromatic heterocycles. The van der Waals surface area contributed by atoms with E-state index in [1.54, 1.807) is 12.1 Å². The number of fused-ring (bicyclic) bond motifs is 6. The molecule has 0 spiro atoms. The van der Waals surface area contributed by atoms with Gasteiger partial charge in [0.15, 0.2) is 17.5 Å². The van der Waals surface area contributed by atoms with Crippen molar-refractivity contribution in [2.45, 2.75) is 0 Å². The minimum atomic E-state index is 0.325. The Morgan fingerprint density at radius 1 is 0.433 bits per heavy atom. The number of rotatable bonds is 6. The van der Waals surface area contributed by atoms with E-state index in [1.165, 1.54) is 10.8 Å². The van der Waals surface area contributed by atoms with Gasteiger partial charge in [0.05, 0.1) is 46.0 Å². The zero-order chi connectivity index (χ0) is 40.2. The zero-order valence-corrected chi connectivity index (χ0v) is 32.0. The van der Waals surface area contributed by atoms with Gasteiger partial charge in [-0.2, -0.15) is 5.26 Å². The number of para-hydroxylation sites is 3. The fraction of sp³-hybridized carbons (Fsp3) is 0. The molecule has 0 N–H and O–H groups in total. The van der Waals surface area contributed by atoms with Gasteiger partial charge in [0.2, 0.25) is 5.69 Å². The van der Waals surface area contributed by atoms with Crippen molar-refractivity contribution >= 4 is 49.3 Å². The fourth-order valence-corrected chi connectivity index (χ4v) is 8.47. The Morgan fingerprint density at radius 2 is 0.900 bits per heavy atom. The lowest BCUT2D eigenvalue weighted by Crippen LogP contribution is -2.02. The summed E-state index contributed by atoms with van der Waals surface area (Å²) in [4.78, 5) is 18.6. The minimum Gasteiger partial charge on any atom is -0.319 e. The van der Waals surface area contributed by atoms with Gasteiger partial charge in [-0.05, 0) is 71.8 Å². The third-order valence-corrected chi connectivity index (χ3v) is 11.2. The lowest BCUT2D eigenvalue weighted by atomic mass is 10.0. The number of hydrogen-bond donors (Lipinski definition) is 0. The maximum atomic E-state index is 10.7. The van der Waals surface area contributed by atoms with Crippen molar-refractivity contribution in [1.82, 2.24) is 24.1 Å². The van der Waals surface area contributed by atoms with E-state index in [2.05, 4.69) is 117 Å². The standard InChI is InChI=1S/C53H31N7/c1-55-45-32-42(53-57-51(34-15-5-2-6-16-34)56-52(58-53)35-17-7-3-8-18-35)38(33-54)31-50(45)60-47-24-14-12-22-41(47)44-30-37(26-28-49(44)60)36-25-27-48-43(29-36)40-21-11-13-23-46(40)59(48)39-19-9-4-10-20-39/h2-32H. The van der Waals surface area contributed by atoms with Crippen molar-refractivity contribution in [3.8, 4) is 62.7 Å². The van der Waals surface area contributed by atoms with Crippen LogP contribution in [0.25, 0.3) is 105 Å². The molecule has 60 heavy (non-hydrogen) atoms. The van der Waals surface area contributed by atoms with E-state index in [1.807, 2.05) is 78.9 Å². The van der Waals surface area contributed by atoms with Crippen LogP contribution in [0.15, 0.2) is 188 Å². The number of aromatic nitrogens is 5. The van der Waals surface area contributed by atoms with Crippen molar-refractivity contribution in [2.24, 2.45) is 0 Å². The van der Waals surface area contributed by atoms with Gasteiger partial charge in [0, 0.05) is 43.9 Å². The Labute approximate surface area is 345 Å². The molecule has 7 heteroatoms. The summed E-state index contributed by atoms with van der Waals surface area (Å²) in [5, 5.41) is 15.2. The summed E-state index contributed by atoms with van der Waals surface area (Å²) in [5.74, 6) is 1.29. The molecule has 0 bridgehead atoms. The molecule has 0 aliphatic rings. The topological polar surface area (TPSA) is 76.7 Å². The van der Waals surface area contributed by atoms with Gasteiger partial charge in [0.25, 0.3) is 0 Å². The van der Waals surface area contributed by atoms with Crippen LogP contribution in [0.5, 0.6) is 0 Å². The van der Waals surface area contributed by atoms with Gasteiger partial charge in [-0.25, -0.2) is 19.8 Å². The molecule has 0 saturated carbocycles. The first-order chi connectivity index (χ1) is 29.7. The monoisotopic (exact) mass is 765 g/mol. The van der Waals surface area contributed by atoms with Crippen molar-refractivity contribution in [2.75, 3.05) is 0 Å². The van der Waals surface area contributed by atoms with Gasteiger partial charge in [-0.3, -0.25) is 0 Å². The highest BCUT2D eigenvalue weighted by Gasteiger charge is 2.22. The van der Waals surface area contributed by atoms with Crippen molar-refractivity contribution in [1.29, 1.82) is 5.26 Å². The third kappa shape index (κ3) is 5.61. The molecule has 0 aliphatic carbocycles. The van der Waals surface area contributed by atoms with Crippen LogP contribution in [0.1, 0.15) is 5.56 Å². The Balaban J connectivity index is 1.07. The summed E-state index contributed by atoms with van der Waals surface area (Å²) in [5.41, 5.74) is 10.9. The van der Waals surface area contributed by atoms with Gasteiger partial charge in [-0.1, -0.05) is 127 Å². The Hall–Kier alpha value is -8.65. The molecular formula is C53H31N7. The second-order valence-electron chi connectivity index (χ2n) is 14.7. The smallest absolute Gasteiger partial charge is 0.211 e. The molecule has 0 unspecified atom stereocenters. The highest BCUT2D eigenvalue weighted by molar-refractivity contribution is 6.13. The molecule has 0 radical (unpaired) electrons. The predicted molar refractivity (Wildman–Crippen MR) is 241 cm³/mol.